The van der Waals surface area contributed by atoms with Crippen molar-refractivity contribution in [2.75, 3.05) is 0 Å². The van der Waals surface area contributed by atoms with Gasteiger partial charge < -0.3 is 0 Å². The van der Waals surface area contributed by atoms with E-state index in [0.717, 1.165) is 5.69 Å². The Morgan fingerprint density at radius 3 is 2.18 bits per heavy atom. The molecule has 0 aliphatic rings. The highest BCUT2D eigenvalue weighted by molar-refractivity contribution is 5.66. The molecular formula is C16H19N. The molecule has 0 fully saturated rings. The van der Waals surface area contributed by atoms with Crippen LogP contribution in [0.25, 0.3) is 11.1 Å². The van der Waals surface area contributed by atoms with Crippen molar-refractivity contribution in [2.24, 2.45) is 0 Å². The smallest absolute Gasteiger partial charge is 0.0457 e. The molecular weight excluding hydrogens is 206 g/mol. The molecule has 0 unspecified atom stereocenters. The third-order valence-electron chi connectivity index (χ3n) is 2.99. The summed E-state index contributed by atoms with van der Waals surface area (Å²) in [4.78, 5) is 4.57. The third kappa shape index (κ3) is 2.55. The first-order valence-corrected chi connectivity index (χ1v) is 6.01. The van der Waals surface area contributed by atoms with Gasteiger partial charge in [0.1, 0.15) is 0 Å². The number of hydrogen-bond donors (Lipinski definition) is 0. The minimum atomic E-state index is 0.115. The molecule has 1 nitrogen and oxygen atoms in total. The highest BCUT2D eigenvalue weighted by Crippen LogP contribution is 2.25. The summed E-state index contributed by atoms with van der Waals surface area (Å²) in [5.74, 6) is 0. The number of aromatic nitrogens is 1. The number of pyridine rings is 1. The van der Waals surface area contributed by atoms with Gasteiger partial charge >= 0.3 is 0 Å². The Kier molecular flexibility index (Phi) is 3.01. The van der Waals surface area contributed by atoms with Crippen LogP contribution in [0.1, 0.15) is 32.0 Å². The van der Waals surface area contributed by atoms with Crippen LogP contribution < -0.4 is 0 Å². The molecule has 0 N–H and O–H groups in total. The van der Waals surface area contributed by atoms with Crippen molar-refractivity contribution in [1.29, 1.82) is 0 Å². The molecule has 1 heterocycles. The fourth-order valence-corrected chi connectivity index (χ4v) is 1.89. The number of hydrogen-bond acceptors (Lipinski definition) is 1. The van der Waals surface area contributed by atoms with E-state index >= 15 is 0 Å². The molecule has 88 valence electrons. The van der Waals surface area contributed by atoms with Gasteiger partial charge in [0.2, 0.25) is 0 Å². The standard InChI is InChI=1S/C16H19N/c1-12-7-5-6-8-14(12)13-9-10-15(17-11-13)16(2,3)4/h5-11H,1-4H3. The Balaban J connectivity index is 2.40. The van der Waals surface area contributed by atoms with E-state index in [1.165, 1.54) is 16.7 Å². The van der Waals surface area contributed by atoms with Gasteiger partial charge in [-0.25, -0.2) is 0 Å². The summed E-state index contributed by atoms with van der Waals surface area (Å²) in [7, 11) is 0. The molecule has 0 aliphatic heterocycles. The molecule has 0 atom stereocenters. The van der Waals surface area contributed by atoms with E-state index in [2.05, 4.69) is 69.1 Å². The fraction of sp³-hybridized carbons (Fsp3) is 0.312. The lowest BCUT2D eigenvalue weighted by atomic mass is 9.91. The van der Waals surface area contributed by atoms with Crippen LogP contribution in [0.3, 0.4) is 0 Å². The second-order valence-electron chi connectivity index (χ2n) is 5.50. The van der Waals surface area contributed by atoms with Gasteiger partial charge in [-0.05, 0) is 24.1 Å². The van der Waals surface area contributed by atoms with Gasteiger partial charge in [0.25, 0.3) is 0 Å². The second-order valence-corrected chi connectivity index (χ2v) is 5.50. The van der Waals surface area contributed by atoms with E-state index in [9.17, 15) is 0 Å². The maximum Gasteiger partial charge on any atom is 0.0457 e. The van der Waals surface area contributed by atoms with Crippen LogP contribution in [0, 0.1) is 6.92 Å². The van der Waals surface area contributed by atoms with Crippen LogP contribution in [0.5, 0.6) is 0 Å². The highest BCUT2D eigenvalue weighted by atomic mass is 14.7. The zero-order valence-corrected chi connectivity index (χ0v) is 11.0. The first-order valence-electron chi connectivity index (χ1n) is 6.01. The van der Waals surface area contributed by atoms with Crippen molar-refractivity contribution in [2.45, 2.75) is 33.1 Å². The lowest BCUT2D eigenvalue weighted by Gasteiger charge is -2.17. The Morgan fingerprint density at radius 1 is 0.941 bits per heavy atom. The van der Waals surface area contributed by atoms with Crippen molar-refractivity contribution >= 4 is 0 Å². The molecule has 0 amide bonds. The van der Waals surface area contributed by atoms with E-state index in [0.29, 0.717) is 0 Å². The lowest BCUT2D eigenvalue weighted by Crippen LogP contribution is -2.12. The van der Waals surface area contributed by atoms with Gasteiger partial charge in [0, 0.05) is 22.9 Å². The van der Waals surface area contributed by atoms with Crippen molar-refractivity contribution in [1.82, 2.24) is 4.98 Å². The fourth-order valence-electron chi connectivity index (χ4n) is 1.89. The molecule has 2 rings (SSSR count). The van der Waals surface area contributed by atoms with Crippen LogP contribution in [-0.4, -0.2) is 4.98 Å². The minimum Gasteiger partial charge on any atom is -0.260 e. The summed E-state index contributed by atoms with van der Waals surface area (Å²) in [6, 6.07) is 12.7. The van der Waals surface area contributed by atoms with Crippen LogP contribution in [0.15, 0.2) is 42.6 Å². The summed E-state index contributed by atoms with van der Waals surface area (Å²) in [6.07, 6.45) is 1.98. The predicted octanol–water partition coefficient (Wildman–Crippen LogP) is 4.35. The summed E-state index contributed by atoms with van der Waals surface area (Å²) in [5.41, 5.74) is 4.99. The monoisotopic (exact) mass is 225 g/mol. The maximum atomic E-state index is 4.57. The average molecular weight is 225 g/mol. The van der Waals surface area contributed by atoms with Gasteiger partial charge in [-0.2, -0.15) is 0 Å². The zero-order valence-electron chi connectivity index (χ0n) is 11.0. The van der Waals surface area contributed by atoms with Crippen LogP contribution >= 0.6 is 0 Å². The van der Waals surface area contributed by atoms with Gasteiger partial charge in [-0.1, -0.05) is 51.1 Å². The summed E-state index contributed by atoms with van der Waals surface area (Å²) >= 11 is 0. The van der Waals surface area contributed by atoms with Gasteiger partial charge in [0.15, 0.2) is 0 Å². The van der Waals surface area contributed by atoms with Crippen molar-refractivity contribution < 1.29 is 0 Å². The molecule has 1 aromatic carbocycles. The predicted molar refractivity (Wildman–Crippen MR) is 73.1 cm³/mol. The van der Waals surface area contributed by atoms with E-state index in [1.54, 1.807) is 0 Å². The number of aryl methyl sites for hydroxylation is 1. The Labute approximate surface area is 104 Å². The van der Waals surface area contributed by atoms with Crippen LogP contribution in [-0.2, 0) is 5.41 Å². The molecule has 0 saturated heterocycles. The van der Waals surface area contributed by atoms with Crippen molar-refractivity contribution in [3.8, 4) is 11.1 Å². The normalized spacial score (nSPS) is 11.5. The molecule has 0 radical (unpaired) electrons. The molecule has 2 aromatic rings. The van der Waals surface area contributed by atoms with Gasteiger partial charge in [-0.3, -0.25) is 4.98 Å². The highest BCUT2D eigenvalue weighted by Gasteiger charge is 2.14. The minimum absolute atomic E-state index is 0.115. The largest absolute Gasteiger partial charge is 0.260 e. The molecule has 1 heteroatoms. The SMILES string of the molecule is Cc1ccccc1-c1ccc(C(C)(C)C)nc1. The van der Waals surface area contributed by atoms with E-state index in [-0.39, 0.29) is 5.41 Å². The van der Waals surface area contributed by atoms with E-state index < -0.39 is 0 Å². The molecule has 0 spiro atoms. The number of rotatable bonds is 1. The summed E-state index contributed by atoms with van der Waals surface area (Å²) in [6.45, 7) is 8.68. The zero-order chi connectivity index (χ0) is 12.5. The topological polar surface area (TPSA) is 12.9 Å². The average Bonchev–Trinajstić information content (AvgIpc) is 2.29. The lowest BCUT2D eigenvalue weighted by molar-refractivity contribution is 0.569. The van der Waals surface area contributed by atoms with Crippen LogP contribution in [0.2, 0.25) is 0 Å². The first kappa shape index (κ1) is 11.8. The first-order chi connectivity index (χ1) is 7.98. The maximum absolute atomic E-state index is 4.57. The Hall–Kier alpha value is -1.63. The third-order valence-corrected chi connectivity index (χ3v) is 2.99. The molecule has 0 saturated carbocycles. The van der Waals surface area contributed by atoms with Crippen LogP contribution in [0.4, 0.5) is 0 Å². The Morgan fingerprint density at radius 2 is 1.65 bits per heavy atom. The molecule has 1 aromatic heterocycles. The molecule has 0 bridgehead atoms. The number of nitrogens with zero attached hydrogens (tertiary/aromatic N) is 1. The summed E-state index contributed by atoms with van der Waals surface area (Å²) in [5, 5.41) is 0. The van der Waals surface area contributed by atoms with E-state index in [1.807, 2.05) is 6.20 Å². The molecule has 17 heavy (non-hydrogen) atoms. The van der Waals surface area contributed by atoms with Crippen molar-refractivity contribution in [3.63, 3.8) is 0 Å². The quantitative estimate of drug-likeness (QED) is 0.703. The van der Waals surface area contributed by atoms with Gasteiger partial charge in [-0.15, -0.1) is 0 Å². The molecule has 0 aliphatic carbocycles. The van der Waals surface area contributed by atoms with Gasteiger partial charge in [0.05, 0.1) is 0 Å². The second kappa shape index (κ2) is 4.33. The van der Waals surface area contributed by atoms with Crippen molar-refractivity contribution in [3.05, 3.63) is 53.9 Å². The number of benzene rings is 1. The Bertz CT molecular complexity index is 504. The summed E-state index contributed by atoms with van der Waals surface area (Å²) < 4.78 is 0. The van der Waals surface area contributed by atoms with E-state index in [4.69, 9.17) is 0 Å².